The zero-order valence-electron chi connectivity index (χ0n) is 13.5. The fourth-order valence-corrected chi connectivity index (χ4v) is 1.64. The highest BCUT2D eigenvalue weighted by Crippen LogP contribution is 2.10. The number of carbonyl (C=O) groups is 1. The van der Waals surface area contributed by atoms with Gasteiger partial charge < -0.3 is 20.7 Å². The summed E-state index contributed by atoms with van der Waals surface area (Å²) in [5.74, 6) is 1.33. The van der Waals surface area contributed by atoms with Crippen molar-refractivity contribution >= 4 is 35.8 Å². The van der Waals surface area contributed by atoms with Crippen LogP contribution in [-0.2, 0) is 11.3 Å². The van der Waals surface area contributed by atoms with Crippen LogP contribution in [-0.4, -0.2) is 38.6 Å². The molecule has 0 aliphatic carbocycles. The maximum atomic E-state index is 11.8. The number of amides is 1. The van der Waals surface area contributed by atoms with Gasteiger partial charge in [-0.3, -0.25) is 9.79 Å². The van der Waals surface area contributed by atoms with Crippen molar-refractivity contribution in [2.45, 2.75) is 26.4 Å². The zero-order chi connectivity index (χ0) is 15.7. The summed E-state index contributed by atoms with van der Waals surface area (Å²) in [6.45, 7) is 4.69. The van der Waals surface area contributed by atoms with Crippen LogP contribution in [0.15, 0.2) is 29.3 Å². The molecule has 22 heavy (non-hydrogen) atoms. The molecule has 0 unspecified atom stereocenters. The number of hydrogen-bond acceptors (Lipinski definition) is 3. The van der Waals surface area contributed by atoms with E-state index in [1.807, 2.05) is 38.1 Å². The molecular weight excluding hydrogens is 395 g/mol. The zero-order valence-corrected chi connectivity index (χ0v) is 15.8. The second kappa shape index (κ2) is 11.1. The van der Waals surface area contributed by atoms with Gasteiger partial charge in [-0.1, -0.05) is 12.1 Å². The maximum absolute atomic E-state index is 11.8. The van der Waals surface area contributed by atoms with Crippen molar-refractivity contribution in [1.29, 1.82) is 0 Å². The van der Waals surface area contributed by atoms with Crippen LogP contribution >= 0.6 is 24.0 Å². The normalized spacial score (nSPS) is 10.7. The second-order valence-electron chi connectivity index (χ2n) is 4.85. The Hall–Kier alpha value is -1.51. The van der Waals surface area contributed by atoms with Gasteiger partial charge in [0.25, 0.3) is 0 Å². The Labute approximate surface area is 149 Å². The van der Waals surface area contributed by atoms with Gasteiger partial charge >= 0.3 is 0 Å². The van der Waals surface area contributed by atoms with E-state index in [0.29, 0.717) is 12.5 Å². The molecule has 124 valence electrons. The number of nitrogens with zero attached hydrogens (tertiary/aromatic N) is 1. The number of aliphatic imine (C=N–C) groups is 1. The Morgan fingerprint density at radius 2 is 1.86 bits per heavy atom. The number of halogens is 1. The summed E-state index contributed by atoms with van der Waals surface area (Å²) in [5, 5.41) is 8.92. The Bertz CT molecular complexity index is 475. The smallest absolute Gasteiger partial charge is 0.239 e. The van der Waals surface area contributed by atoms with E-state index in [0.717, 1.165) is 11.3 Å². The molecule has 0 bridgehead atoms. The highest BCUT2D eigenvalue weighted by Gasteiger charge is 2.04. The van der Waals surface area contributed by atoms with E-state index in [4.69, 9.17) is 4.74 Å². The number of ether oxygens (including phenoxy) is 1. The minimum absolute atomic E-state index is 0. The molecule has 0 spiro atoms. The van der Waals surface area contributed by atoms with Gasteiger partial charge in [-0.2, -0.15) is 0 Å². The van der Waals surface area contributed by atoms with E-state index in [2.05, 4.69) is 20.9 Å². The van der Waals surface area contributed by atoms with Gasteiger partial charge in [-0.15, -0.1) is 24.0 Å². The standard InChI is InChI=1S/C15H24N4O2.HI/c1-11(2)19-15(16-3)18-10-14(20)17-9-12-5-7-13(21-4)8-6-12;/h5-8,11H,9-10H2,1-4H3,(H,17,20)(H2,16,18,19);1H. The van der Waals surface area contributed by atoms with Gasteiger partial charge in [0.2, 0.25) is 5.91 Å². The lowest BCUT2D eigenvalue weighted by molar-refractivity contribution is -0.120. The largest absolute Gasteiger partial charge is 0.497 e. The number of benzene rings is 1. The van der Waals surface area contributed by atoms with Crippen molar-refractivity contribution in [1.82, 2.24) is 16.0 Å². The molecular formula is C15H25IN4O2. The predicted octanol–water partition coefficient (Wildman–Crippen LogP) is 1.50. The summed E-state index contributed by atoms with van der Waals surface area (Å²) < 4.78 is 5.09. The van der Waals surface area contributed by atoms with Gasteiger partial charge in [0.1, 0.15) is 5.75 Å². The van der Waals surface area contributed by atoms with Crippen LogP contribution in [0.4, 0.5) is 0 Å². The number of hydrogen-bond donors (Lipinski definition) is 3. The predicted molar refractivity (Wildman–Crippen MR) is 99.9 cm³/mol. The Balaban J connectivity index is 0.00000441. The third-order valence-electron chi connectivity index (χ3n) is 2.71. The molecule has 0 radical (unpaired) electrons. The van der Waals surface area contributed by atoms with Crippen molar-refractivity contribution < 1.29 is 9.53 Å². The first kappa shape index (κ1) is 20.5. The summed E-state index contributed by atoms with van der Waals surface area (Å²) in [6.07, 6.45) is 0. The van der Waals surface area contributed by atoms with E-state index in [1.165, 1.54) is 0 Å². The molecule has 1 amide bonds. The van der Waals surface area contributed by atoms with E-state index in [9.17, 15) is 4.79 Å². The molecule has 0 fully saturated rings. The summed E-state index contributed by atoms with van der Waals surface area (Å²) in [4.78, 5) is 15.8. The molecule has 0 aromatic heterocycles. The van der Waals surface area contributed by atoms with Crippen LogP contribution in [0, 0.1) is 0 Å². The summed E-state index contributed by atoms with van der Waals surface area (Å²) >= 11 is 0. The molecule has 0 saturated carbocycles. The van der Waals surface area contributed by atoms with Gasteiger partial charge in [0, 0.05) is 19.6 Å². The van der Waals surface area contributed by atoms with E-state index < -0.39 is 0 Å². The van der Waals surface area contributed by atoms with Crippen molar-refractivity contribution in [3.63, 3.8) is 0 Å². The first-order valence-corrected chi connectivity index (χ1v) is 6.92. The molecule has 1 aromatic rings. The van der Waals surface area contributed by atoms with E-state index >= 15 is 0 Å². The van der Waals surface area contributed by atoms with Gasteiger partial charge in [0.15, 0.2) is 5.96 Å². The maximum Gasteiger partial charge on any atom is 0.239 e. The summed E-state index contributed by atoms with van der Waals surface area (Å²) in [6, 6.07) is 7.85. The first-order valence-electron chi connectivity index (χ1n) is 6.92. The van der Waals surface area contributed by atoms with Crippen LogP contribution in [0.3, 0.4) is 0 Å². The third kappa shape index (κ3) is 8.06. The Kier molecular flexibility index (Phi) is 10.3. The fraction of sp³-hybridized carbons (Fsp3) is 0.467. The Morgan fingerprint density at radius 1 is 1.23 bits per heavy atom. The monoisotopic (exact) mass is 420 g/mol. The average Bonchev–Trinajstić information content (AvgIpc) is 2.49. The molecule has 0 saturated heterocycles. The molecule has 0 heterocycles. The van der Waals surface area contributed by atoms with Gasteiger partial charge in [0.05, 0.1) is 13.7 Å². The minimum Gasteiger partial charge on any atom is -0.497 e. The number of methoxy groups -OCH3 is 1. The topological polar surface area (TPSA) is 74.8 Å². The van der Waals surface area contributed by atoms with Gasteiger partial charge in [-0.05, 0) is 31.5 Å². The fourth-order valence-electron chi connectivity index (χ4n) is 1.64. The molecule has 7 heteroatoms. The highest BCUT2D eigenvalue weighted by molar-refractivity contribution is 14.0. The first-order chi connectivity index (χ1) is 10.0. The number of nitrogens with one attached hydrogen (secondary N) is 3. The lowest BCUT2D eigenvalue weighted by atomic mass is 10.2. The van der Waals surface area contributed by atoms with Crippen molar-refractivity contribution in [3.05, 3.63) is 29.8 Å². The molecule has 6 nitrogen and oxygen atoms in total. The molecule has 1 rings (SSSR count). The second-order valence-corrected chi connectivity index (χ2v) is 4.85. The number of rotatable bonds is 6. The van der Waals surface area contributed by atoms with Crippen molar-refractivity contribution in [2.75, 3.05) is 20.7 Å². The van der Waals surface area contributed by atoms with Crippen LogP contribution in [0.1, 0.15) is 19.4 Å². The Morgan fingerprint density at radius 3 is 2.36 bits per heavy atom. The van der Waals surface area contributed by atoms with E-state index in [1.54, 1.807) is 14.2 Å². The van der Waals surface area contributed by atoms with Crippen LogP contribution in [0.5, 0.6) is 5.75 Å². The van der Waals surface area contributed by atoms with Crippen molar-refractivity contribution in [2.24, 2.45) is 4.99 Å². The van der Waals surface area contributed by atoms with Crippen molar-refractivity contribution in [3.8, 4) is 5.75 Å². The molecule has 0 aliphatic rings. The molecule has 0 aliphatic heterocycles. The lowest BCUT2D eigenvalue weighted by Crippen LogP contribution is -2.45. The lowest BCUT2D eigenvalue weighted by Gasteiger charge is -2.14. The quantitative estimate of drug-likeness (QED) is 0.371. The average molecular weight is 420 g/mol. The summed E-state index contributed by atoms with van der Waals surface area (Å²) in [5.41, 5.74) is 1.02. The SMILES string of the molecule is CN=C(NCC(=O)NCc1ccc(OC)cc1)NC(C)C.I. The molecule has 1 aromatic carbocycles. The van der Waals surface area contributed by atoms with Crippen LogP contribution < -0.4 is 20.7 Å². The van der Waals surface area contributed by atoms with Gasteiger partial charge in [-0.25, -0.2) is 0 Å². The summed E-state index contributed by atoms with van der Waals surface area (Å²) in [7, 11) is 3.30. The van der Waals surface area contributed by atoms with Crippen LogP contribution in [0.25, 0.3) is 0 Å². The molecule has 3 N–H and O–H groups in total. The minimum atomic E-state index is -0.0856. The molecule has 0 atom stereocenters. The van der Waals surface area contributed by atoms with Crippen LogP contribution in [0.2, 0.25) is 0 Å². The van der Waals surface area contributed by atoms with E-state index in [-0.39, 0.29) is 42.5 Å². The third-order valence-corrected chi connectivity index (χ3v) is 2.71. The number of guanidine groups is 1. The number of carbonyl (C=O) groups excluding carboxylic acids is 1. The highest BCUT2D eigenvalue weighted by atomic mass is 127.